The number of rotatable bonds is 9. The molecule has 0 aromatic carbocycles. The van der Waals surface area contributed by atoms with Gasteiger partial charge in [-0.25, -0.2) is 0 Å². The van der Waals surface area contributed by atoms with Crippen LogP contribution in [0.4, 0.5) is 0 Å². The van der Waals surface area contributed by atoms with E-state index in [2.05, 4.69) is 13.8 Å². The average molecular weight is 271 g/mol. The summed E-state index contributed by atoms with van der Waals surface area (Å²) in [5.74, 6) is 1.74. The largest absolute Gasteiger partial charge is 0.382 e. The van der Waals surface area contributed by atoms with Crippen LogP contribution in [0.15, 0.2) is 0 Å². The summed E-state index contributed by atoms with van der Waals surface area (Å²) in [4.78, 5) is 0. The number of hydrogen-bond acceptors (Lipinski definition) is 3. The van der Waals surface area contributed by atoms with Crippen molar-refractivity contribution in [3.8, 4) is 0 Å². The van der Waals surface area contributed by atoms with Gasteiger partial charge in [-0.3, -0.25) is 0 Å². The van der Waals surface area contributed by atoms with Gasteiger partial charge in [0.2, 0.25) is 0 Å². The highest BCUT2D eigenvalue weighted by Crippen LogP contribution is 2.43. The van der Waals surface area contributed by atoms with Gasteiger partial charge >= 0.3 is 0 Å². The van der Waals surface area contributed by atoms with Gasteiger partial charge in [0.25, 0.3) is 0 Å². The van der Waals surface area contributed by atoms with Gasteiger partial charge < -0.3 is 15.2 Å². The van der Waals surface area contributed by atoms with E-state index in [1.165, 1.54) is 32.1 Å². The van der Waals surface area contributed by atoms with Crippen LogP contribution in [0.2, 0.25) is 0 Å². The molecule has 114 valence electrons. The van der Waals surface area contributed by atoms with E-state index in [0.29, 0.717) is 18.6 Å². The van der Waals surface area contributed by atoms with Crippen LogP contribution in [0.1, 0.15) is 52.4 Å². The molecule has 1 aliphatic rings. The van der Waals surface area contributed by atoms with Crippen LogP contribution < -0.4 is 5.73 Å². The second-order valence-corrected chi connectivity index (χ2v) is 6.49. The summed E-state index contributed by atoms with van der Waals surface area (Å²) in [6.45, 7) is 7.79. The monoisotopic (exact) mass is 271 g/mol. The minimum absolute atomic E-state index is 0.399. The van der Waals surface area contributed by atoms with Gasteiger partial charge in [-0.1, -0.05) is 13.8 Å². The molecule has 0 unspecified atom stereocenters. The summed E-state index contributed by atoms with van der Waals surface area (Å²) < 4.78 is 10.5. The Labute approximate surface area is 119 Å². The van der Waals surface area contributed by atoms with Crippen molar-refractivity contribution in [3.63, 3.8) is 0 Å². The lowest BCUT2D eigenvalue weighted by molar-refractivity contribution is 0.0563. The molecule has 0 amide bonds. The van der Waals surface area contributed by atoms with Gasteiger partial charge in [-0.2, -0.15) is 0 Å². The Morgan fingerprint density at radius 3 is 2.37 bits per heavy atom. The zero-order valence-electron chi connectivity index (χ0n) is 13.1. The lowest BCUT2D eigenvalue weighted by Gasteiger charge is -2.41. The van der Waals surface area contributed by atoms with Crippen LogP contribution in [0.5, 0.6) is 0 Å². The third-order valence-electron chi connectivity index (χ3n) is 4.89. The van der Waals surface area contributed by atoms with E-state index in [9.17, 15) is 0 Å². The first-order valence-electron chi connectivity index (χ1n) is 7.90. The number of ether oxygens (including phenoxy) is 2. The molecule has 1 fully saturated rings. The second-order valence-electron chi connectivity index (χ2n) is 6.49. The van der Waals surface area contributed by atoms with Crippen LogP contribution in [-0.2, 0) is 9.47 Å². The third-order valence-corrected chi connectivity index (χ3v) is 4.89. The predicted molar refractivity (Wildman–Crippen MR) is 80.2 cm³/mol. The molecule has 0 spiro atoms. The minimum Gasteiger partial charge on any atom is -0.382 e. The van der Waals surface area contributed by atoms with Gasteiger partial charge in [0.1, 0.15) is 0 Å². The Kier molecular flexibility index (Phi) is 7.96. The SMILES string of the molecule is COCCOCCCC1(CN)CCC(C(C)C)CC1. The van der Waals surface area contributed by atoms with E-state index in [1.54, 1.807) is 7.11 Å². The van der Waals surface area contributed by atoms with Crippen molar-refractivity contribution in [1.82, 2.24) is 0 Å². The molecule has 0 aliphatic heterocycles. The van der Waals surface area contributed by atoms with Gasteiger partial charge in [0.15, 0.2) is 0 Å². The van der Waals surface area contributed by atoms with Gasteiger partial charge in [-0.15, -0.1) is 0 Å². The summed E-state index contributed by atoms with van der Waals surface area (Å²) in [5, 5.41) is 0. The van der Waals surface area contributed by atoms with Crippen molar-refractivity contribution >= 4 is 0 Å². The number of hydrogen-bond donors (Lipinski definition) is 1. The summed E-state index contributed by atoms with van der Waals surface area (Å²) in [7, 11) is 1.71. The fourth-order valence-corrected chi connectivity index (χ4v) is 3.27. The molecule has 1 aliphatic carbocycles. The topological polar surface area (TPSA) is 44.5 Å². The highest BCUT2D eigenvalue weighted by molar-refractivity contribution is 4.87. The molecule has 0 heterocycles. The first-order valence-corrected chi connectivity index (χ1v) is 7.90. The molecule has 0 saturated heterocycles. The predicted octanol–water partition coefficient (Wildman–Crippen LogP) is 3.22. The van der Waals surface area contributed by atoms with E-state index in [1.807, 2.05) is 0 Å². The highest BCUT2D eigenvalue weighted by Gasteiger charge is 2.34. The molecule has 0 aromatic heterocycles. The molecule has 2 N–H and O–H groups in total. The second kappa shape index (κ2) is 8.93. The van der Waals surface area contributed by atoms with Crippen molar-refractivity contribution in [2.75, 3.05) is 33.5 Å². The maximum Gasteiger partial charge on any atom is 0.0700 e. The Morgan fingerprint density at radius 1 is 1.16 bits per heavy atom. The lowest BCUT2D eigenvalue weighted by Crippen LogP contribution is -2.36. The summed E-state index contributed by atoms with van der Waals surface area (Å²) in [6, 6.07) is 0. The Bertz CT molecular complexity index is 223. The van der Waals surface area contributed by atoms with E-state index in [4.69, 9.17) is 15.2 Å². The molecule has 0 radical (unpaired) electrons. The van der Waals surface area contributed by atoms with Gasteiger partial charge in [-0.05, 0) is 62.3 Å². The molecule has 1 rings (SSSR count). The van der Waals surface area contributed by atoms with Crippen LogP contribution in [0.3, 0.4) is 0 Å². The van der Waals surface area contributed by atoms with Crippen LogP contribution >= 0.6 is 0 Å². The lowest BCUT2D eigenvalue weighted by atomic mass is 9.66. The standard InChI is InChI=1S/C16H33NO2/c1-14(2)15-5-8-16(13-17,9-6-15)7-4-10-19-12-11-18-3/h14-15H,4-13,17H2,1-3H3. The van der Waals surface area contributed by atoms with E-state index in [-0.39, 0.29) is 0 Å². The van der Waals surface area contributed by atoms with E-state index in [0.717, 1.165) is 31.4 Å². The Morgan fingerprint density at radius 2 is 1.84 bits per heavy atom. The van der Waals surface area contributed by atoms with E-state index < -0.39 is 0 Å². The maximum absolute atomic E-state index is 6.06. The third kappa shape index (κ3) is 5.80. The molecule has 3 heteroatoms. The molecule has 1 saturated carbocycles. The van der Waals surface area contributed by atoms with Crippen molar-refractivity contribution in [3.05, 3.63) is 0 Å². The van der Waals surface area contributed by atoms with E-state index >= 15 is 0 Å². The molecular weight excluding hydrogens is 238 g/mol. The van der Waals surface area contributed by atoms with Crippen molar-refractivity contribution in [2.45, 2.75) is 52.4 Å². The summed E-state index contributed by atoms with van der Waals surface area (Å²) >= 11 is 0. The van der Waals surface area contributed by atoms with Crippen LogP contribution in [-0.4, -0.2) is 33.5 Å². The molecule has 0 aromatic rings. The number of nitrogens with two attached hydrogens (primary N) is 1. The first-order chi connectivity index (χ1) is 9.13. The Balaban J connectivity index is 2.22. The number of methoxy groups -OCH3 is 1. The van der Waals surface area contributed by atoms with Crippen LogP contribution in [0.25, 0.3) is 0 Å². The minimum atomic E-state index is 0.399. The smallest absolute Gasteiger partial charge is 0.0700 e. The fraction of sp³-hybridized carbons (Fsp3) is 1.00. The summed E-state index contributed by atoms with van der Waals surface area (Å²) in [5.41, 5.74) is 6.46. The first kappa shape index (κ1) is 16.9. The van der Waals surface area contributed by atoms with Crippen molar-refractivity contribution < 1.29 is 9.47 Å². The molecular formula is C16H33NO2. The van der Waals surface area contributed by atoms with Crippen LogP contribution in [0, 0.1) is 17.3 Å². The molecule has 19 heavy (non-hydrogen) atoms. The highest BCUT2D eigenvalue weighted by atomic mass is 16.5. The Hall–Kier alpha value is -0.120. The quantitative estimate of drug-likeness (QED) is 0.655. The zero-order chi connectivity index (χ0) is 14.1. The van der Waals surface area contributed by atoms with Crippen molar-refractivity contribution in [1.29, 1.82) is 0 Å². The molecule has 0 atom stereocenters. The fourth-order valence-electron chi connectivity index (χ4n) is 3.27. The average Bonchev–Trinajstić information content (AvgIpc) is 2.43. The molecule has 3 nitrogen and oxygen atoms in total. The maximum atomic E-state index is 6.06. The van der Waals surface area contributed by atoms with Crippen molar-refractivity contribution in [2.24, 2.45) is 23.0 Å². The van der Waals surface area contributed by atoms with Gasteiger partial charge in [0.05, 0.1) is 13.2 Å². The summed E-state index contributed by atoms with van der Waals surface area (Å²) in [6.07, 6.45) is 7.70. The molecule has 0 bridgehead atoms. The normalized spacial score (nSPS) is 27.9. The zero-order valence-corrected chi connectivity index (χ0v) is 13.1. The van der Waals surface area contributed by atoms with Gasteiger partial charge in [0, 0.05) is 13.7 Å².